The molecular formula is C22H27NO. The number of nitrogens with zero attached hydrogens (tertiary/aromatic N) is 1. The summed E-state index contributed by atoms with van der Waals surface area (Å²) in [5.74, 6) is 1.30. The van der Waals surface area contributed by atoms with E-state index >= 15 is 0 Å². The molecule has 0 bridgehead atoms. The predicted molar refractivity (Wildman–Crippen MR) is 95.0 cm³/mol. The van der Waals surface area contributed by atoms with Crippen LogP contribution < -0.4 is 0 Å². The van der Waals surface area contributed by atoms with Gasteiger partial charge in [0.05, 0.1) is 18.8 Å². The fraction of sp³-hybridized carbons (Fsp3) is 0.591. The maximum absolute atomic E-state index is 9.83. The largest absolute Gasteiger partial charge is 0.373 e. The van der Waals surface area contributed by atoms with Gasteiger partial charge >= 0.3 is 0 Å². The van der Waals surface area contributed by atoms with Crippen molar-refractivity contribution in [1.29, 1.82) is 5.26 Å². The molecule has 2 saturated carbocycles. The first-order valence-corrected chi connectivity index (χ1v) is 9.27. The molecule has 1 unspecified atom stereocenters. The van der Waals surface area contributed by atoms with E-state index < -0.39 is 0 Å². The zero-order valence-electron chi connectivity index (χ0n) is 15.0. The van der Waals surface area contributed by atoms with Crippen molar-refractivity contribution >= 4 is 0 Å². The summed E-state index contributed by atoms with van der Waals surface area (Å²) in [6.45, 7) is 7.54. The summed E-state index contributed by atoms with van der Waals surface area (Å²) < 4.78 is 6.43. The van der Waals surface area contributed by atoms with Crippen LogP contribution in [0.2, 0.25) is 0 Å². The van der Waals surface area contributed by atoms with Crippen molar-refractivity contribution in [2.24, 2.45) is 22.7 Å². The van der Waals surface area contributed by atoms with E-state index in [2.05, 4.69) is 51.1 Å². The van der Waals surface area contributed by atoms with Gasteiger partial charge in [0, 0.05) is 16.4 Å². The molecule has 0 amide bonds. The van der Waals surface area contributed by atoms with E-state index in [9.17, 15) is 5.26 Å². The highest BCUT2D eigenvalue weighted by molar-refractivity contribution is 5.47. The van der Waals surface area contributed by atoms with Gasteiger partial charge in [-0.1, -0.05) is 51.1 Å². The Morgan fingerprint density at radius 3 is 2.62 bits per heavy atom. The van der Waals surface area contributed by atoms with Gasteiger partial charge in [-0.2, -0.15) is 5.26 Å². The number of benzene rings is 1. The number of nitriles is 1. The van der Waals surface area contributed by atoms with Crippen molar-refractivity contribution in [2.75, 3.05) is 0 Å². The summed E-state index contributed by atoms with van der Waals surface area (Å²) in [6, 6.07) is 13.0. The SMILES string of the molecule is CC1(C)C[C@@H]2C[C@H]3CCC(OCc4ccccc4)[C@@]3(C)C2=C1C#N. The maximum Gasteiger partial charge on any atom is 0.0952 e. The summed E-state index contributed by atoms with van der Waals surface area (Å²) >= 11 is 0. The van der Waals surface area contributed by atoms with Crippen LogP contribution in [0.5, 0.6) is 0 Å². The van der Waals surface area contributed by atoms with E-state index in [1.807, 2.05) is 6.07 Å². The Morgan fingerprint density at radius 2 is 1.92 bits per heavy atom. The van der Waals surface area contributed by atoms with Gasteiger partial charge in [-0.15, -0.1) is 0 Å². The molecule has 0 radical (unpaired) electrons. The number of rotatable bonds is 3. The minimum Gasteiger partial charge on any atom is -0.373 e. The minimum absolute atomic E-state index is 0.0370. The van der Waals surface area contributed by atoms with Gasteiger partial charge in [0.25, 0.3) is 0 Å². The predicted octanol–water partition coefficient (Wildman–Crippen LogP) is 5.26. The number of hydrogen-bond donors (Lipinski definition) is 0. The van der Waals surface area contributed by atoms with E-state index in [1.165, 1.54) is 24.0 Å². The van der Waals surface area contributed by atoms with Gasteiger partial charge in [-0.3, -0.25) is 0 Å². The highest BCUT2D eigenvalue weighted by Gasteiger charge is 2.61. The molecule has 1 aromatic rings. The Bertz CT molecular complexity index is 711. The fourth-order valence-corrected chi connectivity index (χ4v) is 5.85. The zero-order chi connectivity index (χ0) is 16.9. The van der Waals surface area contributed by atoms with Crippen LogP contribution in [0.4, 0.5) is 0 Å². The topological polar surface area (TPSA) is 33.0 Å². The molecule has 2 fully saturated rings. The quantitative estimate of drug-likeness (QED) is 0.761. The molecule has 1 aromatic carbocycles. The van der Waals surface area contributed by atoms with E-state index in [1.54, 1.807) is 0 Å². The summed E-state index contributed by atoms with van der Waals surface area (Å²) in [4.78, 5) is 0. The lowest BCUT2D eigenvalue weighted by Crippen LogP contribution is -2.33. The van der Waals surface area contributed by atoms with Crippen molar-refractivity contribution in [3.05, 3.63) is 47.0 Å². The van der Waals surface area contributed by atoms with Gasteiger partial charge < -0.3 is 4.74 Å². The molecule has 2 heteroatoms. The van der Waals surface area contributed by atoms with E-state index in [0.29, 0.717) is 18.4 Å². The Morgan fingerprint density at radius 1 is 1.17 bits per heavy atom. The molecular weight excluding hydrogens is 294 g/mol. The summed E-state index contributed by atoms with van der Waals surface area (Å²) in [5, 5.41) is 9.83. The highest BCUT2D eigenvalue weighted by Crippen LogP contribution is 2.67. The molecule has 0 saturated heterocycles. The first kappa shape index (κ1) is 15.9. The van der Waals surface area contributed by atoms with Crippen LogP contribution in [-0.2, 0) is 11.3 Å². The second-order valence-electron chi connectivity index (χ2n) is 8.76. The molecule has 0 N–H and O–H groups in total. The van der Waals surface area contributed by atoms with Crippen molar-refractivity contribution in [2.45, 2.75) is 59.2 Å². The maximum atomic E-state index is 9.83. The lowest BCUT2D eigenvalue weighted by molar-refractivity contribution is -0.0153. The normalized spacial score (nSPS) is 36.5. The molecule has 2 nitrogen and oxygen atoms in total. The van der Waals surface area contributed by atoms with Crippen LogP contribution in [0.1, 0.15) is 52.0 Å². The molecule has 3 aliphatic carbocycles. The molecule has 4 atom stereocenters. The minimum atomic E-state index is 0.0370. The molecule has 0 aromatic heterocycles. The monoisotopic (exact) mass is 321 g/mol. The Labute approximate surface area is 145 Å². The van der Waals surface area contributed by atoms with Gasteiger partial charge in [-0.05, 0) is 48.7 Å². The molecule has 126 valence electrons. The second-order valence-corrected chi connectivity index (χ2v) is 8.76. The molecule has 0 spiro atoms. The van der Waals surface area contributed by atoms with Crippen LogP contribution in [-0.4, -0.2) is 6.10 Å². The Balaban J connectivity index is 1.64. The molecule has 0 aliphatic heterocycles. The average molecular weight is 321 g/mol. The van der Waals surface area contributed by atoms with Gasteiger partial charge in [0.2, 0.25) is 0 Å². The third-order valence-electron chi connectivity index (χ3n) is 6.96. The third-order valence-corrected chi connectivity index (χ3v) is 6.96. The Kier molecular flexibility index (Phi) is 3.62. The van der Waals surface area contributed by atoms with Crippen molar-refractivity contribution in [3.63, 3.8) is 0 Å². The summed E-state index contributed by atoms with van der Waals surface area (Å²) in [7, 11) is 0. The van der Waals surface area contributed by atoms with Crippen LogP contribution in [0, 0.1) is 34.0 Å². The van der Waals surface area contributed by atoms with Crippen LogP contribution in [0.25, 0.3) is 0 Å². The summed E-state index contributed by atoms with van der Waals surface area (Å²) in [5.41, 5.74) is 3.86. The number of ether oxygens (including phenoxy) is 1. The smallest absolute Gasteiger partial charge is 0.0952 e. The van der Waals surface area contributed by atoms with Crippen molar-refractivity contribution < 1.29 is 4.74 Å². The third kappa shape index (κ3) is 2.18. The van der Waals surface area contributed by atoms with E-state index in [0.717, 1.165) is 18.4 Å². The van der Waals surface area contributed by atoms with Crippen LogP contribution >= 0.6 is 0 Å². The molecule has 24 heavy (non-hydrogen) atoms. The lowest BCUT2D eigenvalue weighted by Gasteiger charge is -2.34. The van der Waals surface area contributed by atoms with E-state index in [4.69, 9.17) is 4.74 Å². The standard InChI is InChI=1S/C22H27NO/c1-21(2)12-16-11-17-9-10-19(22(17,3)20(16)18(21)13-23)24-14-15-7-5-4-6-8-15/h4-8,16-17,19H,9-12,14H2,1-3H3/t16-,17+,19?,22-/m0/s1. The molecule has 0 heterocycles. The highest BCUT2D eigenvalue weighted by atomic mass is 16.5. The first-order chi connectivity index (χ1) is 11.5. The fourth-order valence-electron chi connectivity index (χ4n) is 5.85. The summed E-state index contributed by atoms with van der Waals surface area (Å²) in [6.07, 6.45) is 5.02. The average Bonchev–Trinajstić information content (AvgIpc) is 3.10. The van der Waals surface area contributed by atoms with Crippen molar-refractivity contribution in [1.82, 2.24) is 0 Å². The number of allylic oxidation sites excluding steroid dienone is 1. The number of hydrogen-bond acceptors (Lipinski definition) is 2. The van der Waals surface area contributed by atoms with Gasteiger partial charge in [0.1, 0.15) is 0 Å². The van der Waals surface area contributed by atoms with Crippen LogP contribution in [0.3, 0.4) is 0 Å². The van der Waals surface area contributed by atoms with Crippen LogP contribution in [0.15, 0.2) is 41.5 Å². The Hall–Kier alpha value is -1.59. The second kappa shape index (κ2) is 5.46. The van der Waals surface area contributed by atoms with Gasteiger partial charge in [0.15, 0.2) is 0 Å². The van der Waals surface area contributed by atoms with Crippen molar-refractivity contribution in [3.8, 4) is 6.07 Å². The lowest BCUT2D eigenvalue weighted by atomic mass is 9.74. The molecule has 3 aliphatic rings. The number of fused-ring (bicyclic) bond motifs is 3. The zero-order valence-corrected chi connectivity index (χ0v) is 15.0. The van der Waals surface area contributed by atoms with E-state index in [-0.39, 0.29) is 16.9 Å². The van der Waals surface area contributed by atoms with Gasteiger partial charge in [-0.25, -0.2) is 0 Å². The first-order valence-electron chi connectivity index (χ1n) is 9.27. The molecule has 4 rings (SSSR count).